The van der Waals surface area contributed by atoms with Crippen LogP contribution in [0.3, 0.4) is 0 Å². The van der Waals surface area contributed by atoms with Crippen molar-refractivity contribution >= 4 is 27.5 Å². The summed E-state index contributed by atoms with van der Waals surface area (Å²) in [6.45, 7) is -0.686. The fraction of sp³-hybridized carbons (Fsp3) is 0.300. The number of benzene rings is 2. The summed E-state index contributed by atoms with van der Waals surface area (Å²) in [4.78, 5) is 23.9. The predicted molar refractivity (Wildman–Crippen MR) is 104 cm³/mol. The zero-order valence-electron chi connectivity index (χ0n) is 15.4. The quantitative estimate of drug-likeness (QED) is 0.537. The molecule has 0 radical (unpaired) electrons. The van der Waals surface area contributed by atoms with E-state index in [1.807, 2.05) is 18.2 Å². The maximum Gasteiger partial charge on any atom is 0.344 e. The second-order valence-corrected chi connectivity index (χ2v) is 8.36. The number of Topliss-reactive ketones (excluding diaryl/α,β-unsaturated/α-hetero) is 1. The largest absolute Gasteiger partial charge is 0.482 e. The SMILES string of the molecule is CS(=O)(=O)Nc1ccc(C(=O)COC(=O)COc2ccc3c(c2)CCC3)cc1. The number of hydrogen-bond acceptors (Lipinski definition) is 6. The highest BCUT2D eigenvalue weighted by Crippen LogP contribution is 2.26. The molecule has 7 nitrogen and oxygen atoms in total. The molecule has 0 fully saturated rings. The smallest absolute Gasteiger partial charge is 0.344 e. The van der Waals surface area contributed by atoms with Gasteiger partial charge in [0.15, 0.2) is 19.0 Å². The highest BCUT2D eigenvalue weighted by molar-refractivity contribution is 7.92. The summed E-state index contributed by atoms with van der Waals surface area (Å²) in [6, 6.07) is 11.6. The molecule has 0 saturated heterocycles. The van der Waals surface area contributed by atoms with Crippen LogP contribution in [0.25, 0.3) is 0 Å². The number of rotatable bonds is 8. The van der Waals surface area contributed by atoms with Crippen molar-refractivity contribution in [2.24, 2.45) is 0 Å². The third-order valence-electron chi connectivity index (χ3n) is 4.30. The predicted octanol–water partition coefficient (Wildman–Crippen LogP) is 2.35. The Hall–Kier alpha value is -2.87. The lowest BCUT2D eigenvalue weighted by Gasteiger charge is -2.09. The molecule has 8 heteroatoms. The van der Waals surface area contributed by atoms with Crippen LogP contribution in [0.5, 0.6) is 5.75 Å². The molecule has 2 aromatic carbocycles. The van der Waals surface area contributed by atoms with E-state index in [-0.39, 0.29) is 6.61 Å². The van der Waals surface area contributed by atoms with Crippen LogP contribution in [0.4, 0.5) is 5.69 Å². The molecule has 0 aliphatic heterocycles. The first kappa shape index (κ1) is 19.9. The summed E-state index contributed by atoms with van der Waals surface area (Å²) in [5.74, 6) is -0.418. The Morgan fingerprint density at radius 2 is 1.71 bits per heavy atom. The number of esters is 1. The molecule has 1 aliphatic rings. The average Bonchev–Trinajstić information content (AvgIpc) is 3.11. The van der Waals surface area contributed by atoms with Gasteiger partial charge in [-0.1, -0.05) is 6.07 Å². The maximum atomic E-state index is 12.1. The van der Waals surface area contributed by atoms with Crippen molar-refractivity contribution < 1.29 is 27.5 Å². The van der Waals surface area contributed by atoms with Gasteiger partial charge >= 0.3 is 5.97 Å². The van der Waals surface area contributed by atoms with Gasteiger partial charge in [-0.2, -0.15) is 0 Å². The van der Waals surface area contributed by atoms with Gasteiger partial charge in [0.2, 0.25) is 10.0 Å². The number of carbonyl (C=O) groups is 2. The summed E-state index contributed by atoms with van der Waals surface area (Å²) in [5.41, 5.74) is 3.22. The van der Waals surface area contributed by atoms with Crippen LogP contribution in [-0.4, -0.2) is 39.6 Å². The molecule has 0 spiro atoms. The molecular formula is C20H21NO6S. The van der Waals surface area contributed by atoms with Crippen molar-refractivity contribution in [2.75, 3.05) is 24.2 Å². The molecule has 0 saturated carbocycles. The van der Waals surface area contributed by atoms with Crippen LogP contribution in [0, 0.1) is 0 Å². The average molecular weight is 403 g/mol. The lowest BCUT2D eigenvalue weighted by atomic mass is 10.1. The van der Waals surface area contributed by atoms with Crippen molar-refractivity contribution in [2.45, 2.75) is 19.3 Å². The summed E-state index contributed by atoms with van der Waals surface area (Å²) < 4.78 is 35.0. The number of hydrogen-bond donors (Lipinski definition) is 1. The van der Waals surface area contributed by atoms with Crippen molar-refractivity contribution in [1.82, 2.24) is 0 Å². The van der Waals surface area contributed by atoms with Gasteiger partial charge in [0.05, 0.1) is 6.26 Å². The third-order valence-corrected chi connectivity index (χ3v) is 4.91. The van der Waals surface area contributed by atoms with Crippen molar-refractivity contribution in [3.05, 3.63) is 59.2 Å². The molecule has 148 valence electrons. The minimum absolute atomic E-state index is 0.275. The molecule has 0 heterocycles. The van der Waals surface area contributed by atoms with Gasteiger partial charge in [0.25, 0.3) is 0 Å². The van der Waals surface area contributed by atoms with Crippen LogP contribution in [0.15, 0.2) is 42.5 Å². The standard InChI is InChI=1S/C20H21NO6S/c1-28(24,25)21-17-8-5-15(6-9-17)19(22)12-27-20(23)13-26-18-10-7-14-3-2-4-16(14)11-18/h5-11,21H,2-4,12-13H2,1H3. The minimum Gasteiger partial charge on any atom is -0.482 e. The summed E-state index contributed by atoms with van der Waals surface area (Å²) in [7, 11) is -3.38. The Balaban J connectivity index is 1.45. The zero-order chi connectivity index (χ0) is 20.1. The first-order valence-corrected chi connectivity index (χ1v) is 10.7. The summed E-state index contributed by atoms with van der Waals surface area (Å²) in [6.07, 6.45) is 4.26. The van der Waals surface area contributed by atoms with Crippen LogP contribution < -0.4 is 9.46 Å². The summed E-state index contributed by atoms with van der Waals surface area (Å²) in [5, 5.41) is 0. The number of carbonyl (C=O) groups excluding carboxylic acids is 2. The van der Waals surface area contributed by atoms with E-state index in [1.165, 1.54) is 35.4 Å². The monoisotopic (exact) mass is 403 g/mol. The fourth-order valence-corrected chi connectivity index (χ4v) is 3.55. The Morgan fingerprint density at radius 3 is 2.43 bits per heavy atom. The molecule has 0 atom stereocenters. The zero-order valence-corrected chi connectivity index (χ0v) is 16.3. The Morgan fingerprint density at radius 1 is 1.00 bits per heavy atom. The van der Waals surface area contributed by atoms with E-state index in [9.17, 15) is 18.0 Å². The lowest BCUT2D eigenvalue weighted by molar-refractivity contribution is -0.144. The molecule has 3 rings (SSSR count). The van der Waals surface area contributed by atoms with Crippen molar-refractivity contribution in [3.63, 3.8) is 0 Å². The van der Waals surface area contributed by atoms with Gasteiger partial charge in [0, 0.05) is 11.3 Å². The Bertz CT molecular complexity index is 982. The minimum atomic E-state index is -3.38. The lowest BCUT2D eigenvalue weighted by Crippen LogP contribution is -2.19. The second kappa shape index (κ2) is 8.43. The first-order chi connectivity index (χ1) is 13.3. The molecule has 0 aromatic heterocycles. The Labute approximate surface area is 163 Å². The van der Waals surface area contributed by atoms with Crippen molar-refractivity contribution in [1.29, 1.82) is 0 Å². The number of aryl methyl sites for hydroxylation is 2. The van der Waals surface area contributed by atoms with Crippen LogP contribution >= 0.6 is 0 Å². The van der Waals surface area contributed by atoms with Gasteiger partial charge in [-0.15, -0.1) is 0 Å². The topological polar surface area (TPSA) is 98.8 Å². The van der Waals surface area contributed by atoms with Crippen LogP contribution in [-0.2, 0) is 32.4 Å². The normalized spacial score (nSPS) is 12.9. The van der Waals surface area contributed by atoms with Gasteiger partial charge in [0.1, 0.15) is 5.75 Å². The molecule has 1 aliphatic carbocycles. The fourth-order valence-electron chi connectivity index (χ4n) is 2.99. The van der Waals surface area contributed by atoms with Crippen LogP contribution in [0.2, 0.25) is 0 Å². The van der Waals surface area contributed by atoms with E-state index in [0.29, 0.717) is 17.0 Å². The van der Waals surface area contributed by atoms with E-state index in [2.05, 4.69) is 4.72 Å². The van der Waals surface area contributed by atoms with Crippen molar-refractivity contribution in [3.8, 4) is 5.75 Å². The van der Waals surface area contributed by atoms with E-state index >= 15 is 0 Å². The highest BCUT2D eigenvalue weighted by atomic mass is 32.2. The number of anilines is 1. The van der Waals surface area contributed by atoms with Gasteiger partial charge in [-0.05, 0) is 66.8 Å². The van der Waals surface area contributed by atoms with Gasteiger partial charge in [-0.25, -0.2) is 13.2 Å². The van der Waals surface area contributed by atoms with E-state index in [4.69, 9.17) is 9.47 Å². The van der Waals surface area contributed by atoms with E-state index in [0.717, 1.165) is 25.5 Å². The van der Waals surface area contributed by atoms with E-state index in [1.54, 1.807) is 0 Å². The maximum absolute atomic E-state index is 12.1. The second-order valence-electron chi connectivity index (χ2n) is 6.61. The Kier molecular flexibility index (Phi) is 5.99. The first-order valence-electron chi connectivity index (χ1n) is 8.81. The number of fused-ring (bicyclic) bond motifs is 1. The molecule has 2 aromatic rings. The molecule has 0 amide bonds. The number of sulfonamides is 1. The third kappa shape index (κ3) is 5.56. The molecule has 0 unspecified atom stereocenters. The number of ether oxygens (including phenoxy) is 2. The highest BCUT2D eigenvalue weighted by Gasteiger charge is 2.14. The van der Waals surface area contributed by atoms with E-state index < -0.39 is 28.4 Å². The van der Waals surface area contributed by atoms with Gasteiger partial charge < -0.3 is 9.47 Å². The number of ketones is 1. The van der Waals surface area contributed by atoms with Crippen LogP contribution in [0.1, 0.15) is 27.9 Å². The number of nitrogens with one attached hydrogen (secondary N) is 1. The molecule has 28 heavy (non-hydrogen) atoms. The summed E-state index contributed by atoms with van der Waals surface area (Å²) >= 11 is 0. The van der Waals surface area contributed by atoms with Gasteiger partial charge in [-0.3, -0.25) is 9.52 Å². The molecule has 0 bridgehead atoms. The molecular weight excluding hydrogens is 382 g/mol. The molecule has 1 N–H and O–H groups in total.